The zero-order valence-corrected chi connectivity index (χ0v) is 15.0. The molecule has 24 heavy (non-hydrogen) atoms. The Kier molecular flexibility index (Phi) is 5.21. The first-order valence-corrected chi connectivity index (χ1v) is 8.79. The molecule has 1 fully saturated rings. The second-order valence-electron chi connectivity index (χ2n) is 6.92. The summed E-state index contributed by atoms with van der Waals surface area (Å²) in [4.78, 5) is 17.2. The van der Waals surface area contributed by atoms with Crippen molar-refractivity contribution in [2.75, 3.05) is 39.8 Å². The van der Waals surface area contributed by atoms with E-state index in [1.165, 1.54) is 5.39 Å². The lowest BCUT2D eigenvalue weighted by molar-refractivity contribution is -0.121. The molecular formula is C19H28N4O. The summed E-state index contributed by atoms with van der Waals surface area (Å²) < 4.78 is 2.09. The van der Waals surface area contributed by atoms with Gasteiger partial charge in [-0.2, -0.15) is 0 Å². The predicted octanol–water partition coefficient (Wildman–Crippen LogP) is 1.70. The van der Waals surface area contributed by atoms with Gasteiger partial charge in [0.1, 0.15) is 6.54 Å². The van der Waals surface area contributed by atoms with Crippen LogP contribution in [0.3, 0.4) is 0 Å². The second kappa shape index (κ2) is 7.36. The van der Waals surface area contributed by atoms with Gasteiger partial charge in [-0.05, 0) is 38.4 Å². The fraction of sp³-hybridized carbons (Fsp3) is 0.526. The molecule has 0 radical (unpaired) electrons. The molecular weight excluding hydrogens is 300 g/mol. The van der Waals surface area contributed by atoms with Gasteiger partial charge in [-0.25, -0.2) is 0 Å². The van der Waals surface area contributed by atoms with Crippen molar-refractivity contribution in [2.45, 2.75) is 26.4 Å². The van der Waals surface area contributed by atoms with Crippen molar-refractivity contribution in [3.63, 3.8) is 0 Å². The van der Waals surface area contributed by atoms with Crippen LogP contribution in [0.1, 0.15) is 12.6 Å². The van der Waals surface area contributed by atoms with Crippen molar-refractivity contribution in [3.8, 4) is 0 Å². The molecule has 5 heteroatoms. The molecule has 1 aliphatic heterocycles. The number of hydrogen-bond donors (Lipinski definition) is 1. The summed E-state index contributed by atoms with van der Waals surface area (Å²) in [5.41, 5.74) is 2.25. The van der Waals surface area contributed by atoms with Crippen LogP contribution in [0.15, 0.2) is 30.3 Å². The van der Waals surface area contributed by atoms with Crippen molar-refractivity contribution in [1.29, 1.82) is 0 Å². The molecule has 1 aromatic carbocycles. The first-order valence-electron chi connectivity index (χ1n) is 8.79. The lowest BCUT2D eigenvalue weighted by atomic mass is 10.2. The molecule has 0 unspecified atom stereocenters. The zero-order valence-electron chi connectivity index (χ0n) is 15.0. The summed E-state index contributed by atoms with van der Waals surface area (Å²) in [7, 11) is 2.16. The summed E-state index contributed by atoms with van der Waals surface area (Å²) in [5.74, 6) is 0.0837. The number of carbonyl (C=O) groups excluding carboxylic acids is 1. The van der Waals surface area contributed by atoms with Gasteiger partial charge in [0.25, 0.3) is 0 Å². The van der Waals surface area contributed by atoms with Gasteiger partial charge >= 0.3 is 0 Å². The van der Waals surface area contributed by atoms with Crippen molar-refractivity contribution in [2.24, 2.45) is 0 Å². The Morgan fingerprint density at radius 2 is 1.92 bits per heavy atom. The molecule has 2 aromatic rings. The van der Waals surface area contributed by atoms with Crippen molar-refractivity contribution in [3.05, 3.63) is 36.0 Å². The van der Waals surface area contributed by atoms with E-state index >= 15 is 0 Å². The fourth-order valence-electron chi connectivity index (χ4n) is 3.41. The van der Waals surface area contributed by atoms with Crippen molar-refractivity contribution < 1.29 is 4.79 Å². The number of nitrogens with zero attached hydrogens (tertiary/aromatic N) is 3. The average molecular weight is 328 g/mol. The minimum Gasteiger partial charge on any atom is -0.353 e. The lowest BCUT2D eigenvalue weighted by Gasteiger charge is -2.36. The molecule has 1 saturated heterocycles. The number of rotatable bonds is 5. The van der Waals surface area contributed by atoms with E-state index < -0.39 is 0 Å². The molecule has 130 valence electrons. The van der Waals surface area contributed by atoms with E-state index in [-0.39, 0.29) is 5.91 Å². The van der Waals surface area contributed by atoms with E-state index in [0.29, 0.717) is 19.1 Å². The highest BCUT2D eigenvalue weighted by molar-refractivity contribution is 5.84. The Bertz CT molecular complexity index is 700. The lowest BCUT2D eigenvalue weighted by Crippen LogP contribution is -2.51. The molecule has 0 spiro atoms. The first kappa shape index (κ1) is 17.0. The van der Waals surface area contributed by atoms with Gasteiger partial charge in [0.2, 0.25) is 5.91 Å². The van der Waals surface area contributed by atoms with Crippen LogP contribution >= 0.6 is 0 Å². The van der Waals surface area contributed by atoms with Crippen LogP contribution in [0.2, 0.25) is 0 Å². The largest absolute Gasteiger partial charge is 0.353 e. The molecule has 1 amide bonds. The summed E-state index contributed by atoms with van der Waals surface area (Å²) in [6.45, 7) is 9.71. The number of nitrogens with one attached hydrogen (secondary N) is 1. The van der Waals surface area contributed by atoms with Gasteiger partial charge in [-0.3, -0.25) is 9.69 Å². The zero-order chi connectivity index (χ0) is 17.1. The summed E-state index contributed by atoms with van der Waals surface area (Å²) in [5, 5.41) is 4.29. The Balaban J connectivity index is 1.54. The monoisotopic (exact) mass is 328 g/mol. The third-order valence-corrected chi connectivity index (χ3v) is 5.08. The van der Waals surface area contributed by atoms with Crippen LogP contribution in [0, 0.1) is 6.92 Å². The van der Waals surface area contributed by atoms with Crippen LogP contribution in [0.5, 0.6) is 0 Å². The highest BCUT2D eigenvalue weighted by Crippen LogP contribution is 2.18. The topological polar surface area (TPSA) is 40.5 Å². The van der Waals surface area contributed by atoms with Gasteiger partial charge in [0.15, 0.2) is 0 Å². The number of carbonyl (C=O) groups is 1. The van der Waals surface area contributed by atoms with E-state index in [9.17, 15) is 4.79 Å². The van der Waals surface area contributed by atoms with Crippen LogP contribution in [0.4, 0.5) is 0 Å². The number of hydrogen-bond acceptors (Lipinski definition) is 3. The molecule has 0 bridgehead atoms. The Labute approximate surface area is 144 Å². The maximum Gasteiger partial charge on any atom is 0.240 e. The number of piperazine rings is 1. The van der Waals surface area contributed by atoms with Gasteiger partial charge in [0, 0.05) is 50.0 Å². The number of aromatic nitrogens is 1. The van der Waals surface area contributed by atoms with Crippen molar-refractivity contribution >= 4 is 16.8 Å². The quantitative estimate of drug-likeness (QED) is 0.908. The predicted molar refractivity (Wildman–Crippen MR) is 98.2 cm³/mol. The molecule has 3 rings (SSSR count). The second-order valence-corrected chi connectivity index (χ2v) is 6.92. The van der Waals surface area contributed by atoms with E-state index in [1.807, 2.05) is 12.1 Å². The minimum absolute atomic E-state index is 0.0837. The summed E-state index contributed by atoms with van der Waals surface area (Å²) in [6.07, 6.45) is 0. The van der Waals surface area contributed by atoms with Crippen LogP contribution in [0.25, 0.3) is 10.9 Å². The molecule has 1 aliphatic rings. The van der Waals surface area contributed by atoms with E-state index in [4.69, 9.17) is 0 Å². The number of benzene rings is 1. The third kappa shape index (κ3) is 3.79. The number of likely N-dealkylation sites (N-methyl/N-ethyl adjacent to an activating group) is 1. The molecule has 2 heterocycles. The standard InChI is InChI=1S/C19H28N4O/c1-15-12-17-6-4-5-7-18(17)23(15)14-19(24)20-13-16(2)22-10-8-21(3)9-11-22/h4-7,12,16H,8-11,13-14H2,1-3H3,(H,20,24)/t16-/m0/s1. The Morgan fingerprint density at radius 1 is 1.21 bits per heavy atom. The number of fused-ring (bicyclic) bond motifs is 1. The van der Waals surface area contributed by atoms with Crippen molar-refractivity contribution in [1.82, 2.24) is 19.7 Å². The van der Waals surface area contributed by atoms with Gasteiger partial charge in [-0.1, -0.05) is 18.2 Å². The number of para-hydroxylation sites is 1. The first-order chi connectivity index (χ1) is 11.5. The highest BCUT2D eigenvalue weighted by Gasteiger charge is 2.19. The van der Waals surface area contributed by atoms with E-state index in [0.717, 1.165) is 37.4 Å². The Morgan fingerprint density at radius 3 is 2.67 bits per heavy atom. The van der Waals surface area contributed by atoms with Crippen LogP contribution in [-0.2, 0) is 11.3 Å². The molecule has 1 aromatic heterocycles. The molecule has 1 atom stereocenters. The van der Waals surface area contributed by atoms with E-state index in [2.05, 4.69) is 58.8 Å². The SMILES string of the molecule is Cc1cc2ccccc2n1CC(=O)NC[C@H](C)N1CCN(C)CC1. The fourth-order valence-corrected chi connectivity index (χ4v) is 3.41. The molecule has 0 aliphatic carbocycles. The summed E-state index contributed by atoms with van der Waals surface area (Å²) in [6, 6.07) is 10.7. The van der Waals surface area contributed by atoms with Gasteiger partial charge in [-0.15, -0.1) is 0 Å². The smallest absolute Gasteiger partial charge is 0.240 e. The normalized spacial score (nSPS) is 18.0. The van der Waals surface area contributed by atoms with Gasteiger partial charge in [0.05, 0.1) is 0 Å². The van der Waals surface area contributed by atoms with Gasteiger partial charge < -0.3 is 14.8 Å². The maximum absolute atomic E-state index is 12.4. The Hall–Kier alpha value is -1.85. The van der Waals surface area contributed by atoms with Crippen LogP contribution in [-0.4, -0.2) is 66.1 Å². The van der Waals surface area contributed by atoms with E-state index in [1.54, 1.807) is 0 Å². The third-order valence-electron chi connectivity index (χ3n) is 5.08. The number of amides is 1. The van der Waals surface area contributed by atoms with Crippen LogP contribution < -0.4 is 5.32 Å². The molecule has 0 saturated carbocycles. The minimum atomic E-state index is 0.0837. The molecule has 1 N–H and O–H groups in total. The average Bonchev–Trinajstić information content (AvgIpc) is 2.89. The molecule has 5 nitrogen and oxygen atoms in total. The highest BCUT2D eigenvalue weighted by atomic mass is 16.1. The number of aryl methyl sites for hydroxylation is 1. The maximum atomic E-state index is 12.4. The summed E-state index contributed by atoms with van der Waals surface area (Å²) >= 11 is 0.